The third-order valence-corrected chi connectivity index (χ3v) is 5.89. The average Bonchev–Trinajstić information content (AvgIpc) is 3.33. The highest BCUT2D eigenvalue weighted by atomic mass is 16.2. The molecule has 4 aromatic rings. The molecule has 5 nitrogen and oxygen atoms in total. The maximum atomic E-state index is 13.2. The molecule has 0 spiro atoms. The molecule has 1 aliphatic heterocycles. The Morgan fingerprint density at radius 1 is 0.968 bits per heavy atom. The molecule has 0 fully saturated rings. The van der Waals surface area contributed by atoms with Crippen LogP contribution in [-0.4, -0.2) is 28.2 Å². The summed E-state index contributed by atoms with van der Waals surface area (Å²) in [6.07, 6.45) is 2.20. The lowest BCUT2D eigenvalue weighted by Gasteiger charge is -2.25. The van der Waals surface area contributed by atoms with Crippen LogP contribution < -0.4 is 5.32 Å². The van der Waals surface area contributed by atoms with E-state index in [1.54, 1.807) is 0 Å². The molecule has 0 saturated carbocycles. The van der Waals surface area contributed by atoms with Crippen LogP contribution in [0.3, 0.4) is 0 Å². The second-order valence-electron chi connectivity index (χ2n) is 7.94. The summed E-state index contributed by atoms with van der Waals surface area (Å²) in [6, 6.07) is 23.3. The molecule has 5 heteroatoms. The number of nitrogens with zero attached hydrogens (tertiary/aromatic N) is 1. The number of aromatic amines is 1. The Kier molecular flexibility index (Phi) is 4.79. The number of rotatable bonds is 5. The Balaban J connectivity index is 1.42. The lowest BCUT2D eigenvalue weighted by molar-refractivity contribution is -0.116. The zero-order valence-electron chi connectivity index (χ0n) is 17.3. The number of aromatic nitrogens is 1. The van der Waals surface area contributed by atoms with Gasteiger partial charge in [0.2, 0.25) is 5.91 Å². The number of fused-ring (bicyclic) bond motifs is 2. The summed E-state index contributed by atoms with van der Waals surface area (Å²) in [6.45, 7) is 2.35. The van der Waals surface area contributed by atoms with Crippen molar-refractivity contribution in [3.8, 4) is 0 Å². The van der Waals surface area contributed by atoms with Crippen LogP contribution in [0.15, 0.2) is 79.0 Å². The maximum Gasteiger partial charge on any atom is 0.255 e. The fraction of sp³-hybridized carbons (Fsp3) is 0.154. The van der Waals surface area contributed by atoms with Gasteiger partial charge in [-0.15, -0.1) is 0 Å². The van der Waals surface area contributed by atoms with E-state index in [-0.39, 0.29) is 24.3 Å². The molecule has 0 aliphatic carbocycles. The van der Waals surface area contributed by atoms with Crippen LogP contribution in [0.2, 0.25) is 0 Å². The number of carbonyl (C=O) groups excluding carboxylic acids is 2. The van der Waals surface area contributed by atoms with Crippen LogP contribution in [0.1, 0.15) is 39.5 Å². The third kappa shape index (κ3) is 3.48. The number of hydrogen-bond acceptors (Lipinski definition) is 2. The lowest BCUT2D eigenvalue weighted by Crippen LogP contribution is -2.32. The Bertz CT molecular complexity index is 1270. The number of H-pyrrole nitrogens is 1. The van der Waals surface area contributed by atoms with Gasteiger partial charge in [-0.2, -0.15) is 0 Å². The van der Waals surface area contributed by atoms with Crippen molar-refractivity contribution in [3.63, 3.8) is 0 Å². The Hall–Kier alpha value is -3.86. The standard InChI is InChI=1S/C26H23N3O2/c1-17-10-12-18(13-11-17)28-24(30)14-15-29-25(20-7-2-3-8-21(20)26(29)31)22-16-27-23-9-5-4-6-19(22)23/h2-13,16,25,27H,14-15H2,1H3,(H,28,30). The van der Waals surface area contributed by atoms with E-state index < -0.39 is 0 Å². The molecule has 0 radical (unpaired) electrons. The monoisotopic (exact) mass is 409 g/mol. The van der Waals surface area contributed by atoms with Crippen molar-refractivity contribution in [3.05, 3.63) is 101 Å². The minimum absolute atomic E-state index is 0.0333. The molecule has 2 amide bonds. The molecule has 154 valence electrons. The summed E-state index contributed by atoms with van der Waals surface area (Å²) in [5.41, 5.74) is 5.67. The van der Waals surface area contributed by atoms with Gasteiger partial charge in [-0.1, -0.05) is 54.1 Å². The second-order valence-corrected chi connectivity index (χ2v) is 7.94. The molecule has 0 saturated heterocycles. The molecular formula is C26H23N3O2. The number of aryl methyl sites for hydroxylation is 1. The van der Waals surface area contributed by atoms with Crippen LogP contribution in [-0.2, 0) is 4.79 Å². The van der Waals surface area contributed by atoms with E-state index in [1.807, 2.05) is 84.8 Å². The van der Waals surface area contributed by atoms with Gasteiger partial charge in [-0.05, 0) is 36.8 Å². The number of carbonyl (C=O) groups is 2. The van der Waals surface area contributed by atoms with Crippen molar-refractivity contribution >= 4 is 28.4 Å². The van der Waals surface area contributed by atoms with E-state index in [9.17, 15) is 9.59 Å². The Morgan fingerprint density at radius 3 is 2.55 bits per heavy atom. The highest BCUT2D eigenvalue weighted by Crippen LogP contribution is 2.41. The van der Waals surface area contributed by atoms with Gasteiger partial charge in [0, 0.05) is 46.9 Å². The highest BCUT2D eigenvalue weighted by Gasteiger charge is 2.38. The first kappa shape index (κ1) is 19.1. The van der Waals surface area contributed by atoms with Crippen LogP contribution in [0, 0.1) is 6.92 Å². The Labute approximate surface area is 180 Å². The van der Waals surface area contributed by atoms with Crippen molar-refractivity contribution in [2.45, 2.75) is 19.4 Å². The number of nitrogens with one attached hydrogen (secondary N) is 2. The van der Waals surface area contributed by atoms with Gasteiger partial charge < -0.3 is 15.2 Å². The fourth-order valence-electron chi connectivity index (χ4n) is 4.34. The molecule has 1 aromatic heterocycles. The zero-order chi connectivity index (χ0) is 21.4. The van der Waals surface area contributed by atoms with Crippen LogP contribution in [0.25, 0.3) is 10.9 Å². The van der Waals surface area contributed by atoms with Crippen molar-refractivity contribution in [2.24, 2.45) is 0 Å². The SMILES string of the molecule is Cc1ccc(NC(=O)CCN2C(=O)c3ccccc3C2c2c[nH]c3ccccc23)cc1. The van der Waals surface area contributed by atoms with Gasteiger partial charge in [0.05, 0.1) is 6.04 Å². The summed E-state index contributed by atoms with van der Waals surface area (Å²) in [4.78, 5) is 30.9. The number of benzene rings is 3. The topological polar surface area (TPSA) is 65.2 Å². The van der Waals surface area contributed by atoms with Crippen molar-refractivity contribution in [1.82, 2.24) is 9.88 Å². The van der Waals surface area contributed by atoms with Crippen molar-refractivity contribution in [1.29, 1.82) is 0 Å². The predicted molar refractivity (Wildman–Crippen MR) is 122 cm³/mol. The van der Waals surface area contributed by atoms with E-state index in [4.69, 9.17) is 0 Å². The van der Waals surface area contributed by atoms with Gasteiger partial charge in [0.25, 0.3) is 5.91 Å². The molecule has 3 aromatic carbocycles. The first-order valence-corrected chi connectivity index (χ1v) is 10.4. The minimum Gasteiger partial charge on any atom is -0.361 e. The normalized spacial score (nSPS) is 15.3. The summed E-state index contributed by atoms with van der Waals surface area (Å²) in [7, 11) is 0. The number of para-hydroxylation sites is 1. The van der Waals surface area contributed by atoms with E-state index in [0.717, 1.165) is 33.3 Å². The van der Waals surface area contributed by atoms with Gasteiger partial charge in [0.15, 0.2) is 0 Å². The molecule has 1 atom stereocenters. The predicted octanol–water partition coefficient (Wildman–Crippen LogP) is 5.05. The summed E-state index contributed by atoms with van der Waals surface area (Å²) in [5, 5.41) is 4.01. The van der Waals surface area contributed by atoms with Gasteiger partial charge in [-0.3, -0.25) is 9.59 Å². The smallest absolute Gasteiger partial charge is 0.255 e. The summed E-state index contributed by atoms with van der Waals surface area (Å²) in [5.74, 6) is -0.140. The molecule has 2 N–H and O–H groups in total. The minimum atomic E-state index is -0.216. The van der Waals surface area contributed by atoms with Crippen LogP contribution >= 0.6 is 0 Å². The van der Waals surface area contributed by atoms with Gasteiger partial charge >= 0.3 is 0 Å². The first-order valence-electron chi connectivity index (χ1n) is 10.4. The zero-order valence-corrected chi connectivity index (χ0v) is 17.3. The molecule has 1 unspecified atom stereocenters. The van der Waals surface area contributed by atoms with E-state index in [0.29, 0.717) is 12.1 Å². The van der Waals surface area contributed by atoms with E-state index >= 15 is 0 Å². The van der Waals surface area contributed by atoms with E-state index in [2.05, 4.69) is 16.4 Å². The lowest BCUT2D eigenvalue weighted by atomic mass is 9.97. The summed E-state index contributed by atoms with van der Waals surface area (Å²) >= 11 is 0. The largest absolute Gasteiger partial charge is 0.361 e. The molecule has 1 aliphatic rings. The van der Waals surface area contributed by atoms with Crippen molar-refractivity contribution in [2.75, 3.05) is 11.9 Å². The van der Waals surface area contributed by atoms with Gasteiger partial charge in [0.1, 0.15) is 0 Å². The molecule has 2 heterocycles. The molecule has 0 bridgehead atoms. The molecule has 31 heavy (non-hydrogen) atoms. The average molecular weight is 409 g/mol. The fourth-order valence-corrected chi connectivity index (χ4v) is 4.34. The maximum absolute atomic E-state index is 13.2. The molecular weight excluding hydrogens is 386 g/mol. The molecule has 5 rings (SSSR count). The van der Waals surface area contributed by atoms with Crippen LogP contribution in [0.4, 0.5) is 5.69 Å². The van der Waals surface area contributed by atoms with Gasteiger partial charge in [-0.25, -0.2) is 0 Å². The number of amides is 2. The summed E-state index contributed by atoms with van der Waals surface area (Å²) < 4.78 is 0. The third-order valence-electron chi connectivity index (χ3n) is 5.89. The quantitative estimate of drug-likeness (QED) is 0.484. The highest BCUT2D eigenvalue weighted by molar-refractivity contribution is 6.01. The second kappa shape index (κ2) is 7.76. The Morgan fingerprint density at radius 2 is 1.71 bits per heavy atom. The van der Waals surface area contributed by atoms with Crippen LogP contribution in [0.5, 0.6) is 0 Å². The van der Waals surface area contributed by atoms with E-state index in [1.165, 1.54) is 0 Å². The van der Waals surface area contributed by atoms with Crippen molar-refractivity contribution < 1.29 is 9.59 Å². The number of anilines is 1. The number of hydrogen-bond donors (Lipinski definition) is 2. The first-order chi connectivity index (χ1) is 15.1.